The predicted octanol–water partition coefficient (Wildman–Crippen LogP) is 3.86. The fraction of sp³-hybridized carbons (Fsp3) is 0.281. The van der Waals surface area contributed by atoms with Gasteiger partial charge in [0.05, 0.1) is 0 Å². The third-order valence-corrected chi connectivity index (χ3v) is 7.14. The summed E-state index contributed by atoms with van der Waals surface area (Å²) >= 11 is 0. The number of hydrogen-bond acceptors (Lipinski definition) is 8. The zero-order valence-electron chi connectivity index (χ0n) is 25.1. The molecule has 2 aromatic carbocycles. The van der Waals surface area contributed by atoms with Crippen LogP contribution < -0.4 is 20.7 Å². The van der Waals surface area contributed by atoms with E-state index in [-0.39, 0.29) is 28.7 Å². The Morgan fingerprint density at radius 1 is 1.13 bits per heavy atom. The maximum absolute atomic E-state index is 15.2. The monoisotopic (exact) mass is 617 g/mol. The van der Waals surface area contributed by atoms with Crippen LogP contribution in [0, 0.1) is 29.4 Å². The van der Waals surface area contributed by atoms with E-state index in [4.69, 9.17) is 10.5 Å². The molecule has 0 unspecified atom stereocenters. The number of nitrogens with two attached hydrogens (primary N) is 1. The van der Waals surface area contributed by atoms with Crippen LogP contribution in [0.5, 0.6) is 11.5 Å². The van der Waals surface area contributed by atoms with E-state index in [9.17, 15) is 18.8 Å². The highest BCUT2D eigenvalue weighted by Crippen LogP contribution is 2.31. The van der Waals surface area contributed by atoms with Gasteiger partial charge in [-0.05, 0) is 75.3 Å². The Balaban J connectivity index is 1.49. The number of likely N-dealkylation sites (tertiary alicyclic amines) is 1. The number of anilines is 3. The van der Waals surface area contributed by atoms with Crippen LogP contribution in [0.2, 0.25) is 0 Å². The molecule has 1 aromatic heterocycles. The second-order valence-corrected chi connectivity index (χ2v) is 10.5. The molecule has 13 heteroatoms. The molecule has 3 N–H and O–H groups in total. The number of carbonyl (C=O) groups is 3. The molecule has 1 saturated heterocycles. The first kappa shape index (κ1) is 32.6. The second kappa shape index (κ2) is 14.9. The molecule has 0 aliphatic carbocycles. The van der Waals surface area contributed by atoms with Crippen LogP contribution >= 0.6 is 0 Å². The average molecular weight is 618 g/mol. The van der Waals surface area contributed by atoms with Gasteiger partial charge in [-0.15, -0.1) is 0 Å². The van der Waals surface area contributed by atoms with Crippen LogP contribution in [-0.2, 0) is 14.4 Å². The van der Waals surface area contributed by atoms with E-state index >= 15 is 4.39 Å². The molecule has 45 heavy (non-hydrogen) atoms. The highest BCUT2D eigenvalue weighted by Gasteiger charge is 2.26. The van der Waals surface area contributed by atoms with Crippen molar-refractivity contribution in [3.8, 4) is 23.3 Å². The van der Waals surface area contributed by atoms with Crippen molar-refractivity contribution in [2.75, 3.05) is 50.2 Å². The lowest BCUT2D eigenvalue weighted by Crippen LogP contribution is -2.41. The first-order valence-corrected chi connectivity index (χ1v) is 14.1. The minimum absolute atomic E-state index is 0.0177. The Morgan fingerprint density at radius 3 is 2.51 bits per heavy atom. The average Bonchev–Trinajstić information content (AvgIpc) is 3.02. The predicted molar refractivity (Wildman–Crippen MR) is 167 cm³/mol. The molecular formula is C32H33F2N7O4. The summed E-state index contributed by atoms with van der Waals surface area (Å²) in [5.41, 5.74) is 5.98. The van der Waals surface area contributed by atoms with Gasteiger partial charge in [-0.3, -0.25) is 14.4 Å². The molecule has 1 fully saturated rings. The van der Waals surface area contributed by atoms with Gasteiger partial charge >= 0.3 is 0 Å². The van der Waals surface area contributed by atoms with Gasteiger partial charge < -0.3 is 25.6 Å². The van der Waals surface area contributed by atoms with E-state index in [1.807, 2.05) is 0 Å². The largest absolute Gasteiger partial charge is 0.453 e. The van der Waals surface area contributed by atoms with Gasteiger partial charge in [0.15, 0.2) is 11.6 Å². The number of hydrogen-bond donors (Lipinski definition) is 2. The summed E-state index contributed by atoms with van der Waals surface area (Å²) < 4.78 is 34.4. The molecule has 1 aliphatic rings. The summed E-state index contributed by atoms with van der Waals surface area (Å²) in [4.78, 5) is 44.9. The smallest absolute Gasteiger partial charge is 0.284 e. The Kier molecular flexibility index (Phi) is 10.8. The maximum Gasteiger partial charge on any atom is 0.284 e. The number of pyridine rings is 1. The Bertz CT molecular complexity index is 1650. The topological polar surface area (TPSA) is 133 Å². The summed E-state index contributed by atoms with van der Waals surface area (Å²) in [5, 5.41) is 6.92. The summed E-state index contributed by atoms with van der Waals surface area (Å²) in [5.74, 6) is 3.63. The van der Waals surface area contributed by atoms with Crippen molar-refractivity contribution in [1.82, 2.24) is 14.9 Å². The lowest BCUT2D eigenvalue weighted by atomic mass is 9.94. The Hall–Kier alpha value is -5.35. The molecular weight excluding hydrogens is 584 g/mol. The fourth-order valence-electron chi connectivity index (χ4n) is 4.50. The Labute approximate surface area is 259 Å². The zero-order chi connectivity index (χ0) is 32.5. The molecule has 0 spiro atoms. The molecule has 234 valence electrons. The van der Waals surface area contributed by atoms with Crippen molar-refractivity contribution in [2.45, 2.75) is 19.3 Å². The third-order valence-electron chi connectivity index (χ3n) is 7.14. The molecule has 4 rings (SSSR count). The maximum atomic E-state index is 15.2. The number of piperidine rings is 1. The first-order chi connectivity index (χ1) is 21.5. The number of ether oxygens (including phenoxy) is 1. The van der Waals surface area contributed by atoms with Gasteiger partial charge in [0.2, 0.25) is 12.1 Å². The van der Waals surface area contributed by atoms with Gasteiger partial charge in [-0.2, -0.15) is 5.10 Å². The number of carbonyl (C=O) groups excluding carboxylic acids is 3. The number of amides is 3. The van der Waals surface area contributed by atoms with E-state index in [0.717, 1.165) is 54.0 Å². The molecule has 0 bridgehead atoms. The summed E-state index contributed by atoms with van der Waals surface area (Å²) in [6, 6.07) is 10.1. The van der Waals surface area contributed by atoms with Gasteiger partial charge in [-0.25, -0.2) is 18.8 Å². The minimum atomic E-state index is -1.01. The van der Waals surface area contributed by atoms with Crippen LogP contribution in [0.15, 0.2) is 59.8 Å². The number of aromatic nitrogens is 1. The van der Waals surface area contributed by atoms with Gasteiger partial charge in [0, 0.05) is 50.2 Å². The second-order valence-electron chi connectivity index (χ2n) is 10.5. The normalized spacial score (nSPS) is 13.8. The molecule has 0 atom stereocenters. The van der Waals surface area contributed by atoms with E-state index in [2.05, 4.69) is 39.2 Å². The standard InChI is InChI=1S/C32H33F2N7O4/c1-39-17-14-21(15-18-39)5-4-6-25-27(13-16-36-30(25)35)45-28-12-9-23(19-26(28)34)37-31(43)29(38-40(2)20-42)32(44)41(3)24-10-7-22(33)8-11-24/h7-13,16,19-21H,5,14-15,17-18H2,1-3H3,(H2,35,36)(H,37,43)/b38-29-. The van der Waals surface area contributed by atoms with Crippen LogP contribution in [0.1, 0.15) is 24.8 Å². The highest BCUT2D eigenvalue weighted by molar-refractivity contribution is 6.69. The van der Waals surface area contributed by atoms with Crippen LogP contribution in [0.25, 0.3) is 0 Å². The van der Waals surface area contributed by atoms with Crippen LogP contribution in [-0.4, -0.2) is 73.1 Å². The molecule has 11 nitrogen and oxygen atoms in total. The van der Waals surface area contributed by atoms with E-state index < -0.39 is 29.2 Å². The number of nitrogens with zero attached hydrogens (tertiary/aromatic N) is 5. The van der Waals surface area contributed by atoms with Crippen molar-refractivity contribution in [1.29, 1.82) is 0 Å². The first-order valence-electron chi connectivity index (χ1n) is 14.1. The molecule has 1 aliphatic heterocycles. The van der Waals surface area contributed by atoms with Crippen molar-refractivity contribution in [2.24, 2.45) is 11.0 Å². The van der Waals surface area contributed by atoms with Crippen LogP contribution in [0.4, 0.5) is 26.0 Å². The molecule has 3 amide bonds. The molecule has 2 heterocycles. The van der Waals surface area contributed by atoms with Gasteiger partial charge in [0.25, 0.3) is 11.8 Å². The van der Waals surface area contributed by atoms with Gasteiger partial charge in [-0.1, -0.05) is 11.8 Å². The molecule has 0 radical (unpaired) electrons. The lowest BCUT2D eigenvalue weighted by molar-refractivity contribution is -0.117. The number of hydrazone groups is 1. The van der Waals surface area contributed by atoms with Gasteiger partial charge in [0.1, 0.15) is 22.9 Å². The summed E-state index contributed by atoms with van der Waals surface area (Å²) in [6.45, 7) is 2.05. The van der Waals surface area contributed by atoms with Crippen LogP contribution in [0.3, 0.4) is 0 Å². The van der Waals surface area contributed by atoms with Crippen molar-refractivity contribution < 1.29 is 27.9 Å². The fourth-order valence-corrected chi connectivity index (χ4v) is 4.50. The van der Waals surface area contributed by atoms with E-state index in [1.165, 1.54) is 50.6 Å². The Morgan fingerprint density at radius 2 is 1.84 bits per heavy atom. The van der Waals surface area contributed by atoms with Crippen molar-refractivity contribution in [3.63, 3.8) is 0 Å². The number of halogens is 2. The third kappa shape index (κ3) is 8.61. The molecule has 0 saturated carbocycles. The number of nitrogens with one attached hydrogen (secondary N) is 1. The van der Waals surface area contributed by atoms with E-state index in [1.54, 1.807) is 0 Å². The summed E-state index contributed by atoms with van der Waals surface area (Å²) in [7, 11) is 4.68. The summed E-state index contributed by atoms with van der Waals surface area (Å²) in [6.07, 6.45) is 4.54. The lowest BCUT2D eigenvalue weighted by Gasteiger charge is -2.27. The van der Waals surface area contributed by atoms with E-state index in [0.29, 0.717) is 24.3 Å². The quantitative estimate of drug-likeness (QED) is 0.123. The SMILES string of the molecule is CN1CCC(CC#Cc2c(Oc3ccc(NC(=O)/C(=N/N(C)C=O)C(=O)N(C)c4ccc(F)cc4)cc3F)ccnc2N)CC1. The zero-order valence-corrected chi connectivity index (χ0v) is 25.1. The molecule has 3 aromatic rings. The highest BCUT2D eigenvalue weighted by atomic mass is 19.1. The minimum Gasteiger partial charge on any atom is -0.453 e. The number of nitrogen functional groups attached to an aromatic ring is 1. The number of rotatable bonds is 9. The number of benzene rings is 2. The van der Waals surface area contributed by atoms with Crippen molar-refractivity contribution in [3.05, 3.63) is 71.9 Å². The van der Waals surface area contributed by atoms with Crippen molar-refractivity contribution >= 4 is 41.1 Å².